The van der Waals surface area contributed by atoms with Crippen molar-refractivity contribution in [2.75, 3.05) is 0 Å². The van der Waals surface area contributed by atoms with Gasteiger partial charge in [-0.2, -0.15) is 0 Å². The van der Waals surface area contributed by atoms with Gasteiger partial charge in [0.15, 0.2) is 0 Å². The molecule has 0 radical (unpaired) electrons. The molecule has 0 aliphatic heterocycles. The van der Waals surface area contributed by atoms with Crippen LogP contribution in [0, 0.1) is 6.92 Å². The van der Waals surface area contributed by atoms with Gasteiger partial charge >= 0.3 is 0 Å². The van der Waals surface area contributed by atoms with E-state index in [1.54, 1.807) is 6.92 Å². The van der Waals surface area contributed by atoms with Gasteiger partial charge in [-0.1, -0.05) is 36.4 Å². The number of hydrogen-bond acceptors (Lipinski definition) is 2. The van der Waals surface area contributed by atoms with Crippen molar-refractivity contribution in [1.82, 2.24) is 9.97 Å². The molecule has 0 unspecified atom stereocenters. The van der Waals surface area contributed by atoms with Crippen molar-refractivity contribution >= 4 is 10.9 Å². The molecule has 0 spiro atoms. The topological polar surface area (TPSA) is 45.8 Å². The van der Waals surface area contributed by atoms with Crippen LogP contribution in [0.4, 0.5) is 0 Å². The molecule has 88 valence electrons. The number of nitrogens with zero attached hydrogens (tertiary/aromatic N) is 1. The fraction of sp³-hybridized carbons (Fsp3) is 0.0667. The van der Waals surface area contributed by atoms with Crippen molar-refractivity contribution in [3.05, 3.63) is 64.7 Å². The average molecular weight is 236 g/mol. The molecule has 0 aliphatic rings. The fourth-order valence-electron chi connectivity index (χ4n) is 2.07. The molecule has 18 heavy (non-hydrogen) atoms. The molecule has 0 saturated heterocycles. The predicted molar refractivity (Wildman–Crippen MR) is 72.5 cm³/mol. The van der Waals surface area contributed by atoms with E-state index in [4.69, 9.17) is 0 Å². The van der Waals surface area contributed by atoms with Crippen molar-refractivity contribution < 1.29 is 0 Å². The molecule has 0 saturated carbocycles. The lowest BCUT2D eigenvalue weighted by Gasteiger charge is -2.03. The maximum atomic E-state index is 11.9. The van der Waals surface area contributed by atoms with Gasteiger partial charge in [-0.15, -0.1) is 0 Å². The first-order valence-corrected chi connectivity index (χ1v) is 5.80. The number of benzene rings is 2. The Labute approximate surface area is 104 Å². The van der Waals surface area contributed by atoms with Crippen LogP contribution in [0.3, 0.4) is 0 Å². The van der Waals surface area contributed by atoms with Crippen LogP contribution in [0.2, 0.25) is 0 Å². The maximum Gasteiger partial charge on any atom is 0.258 e. The van der Waals surface area contributed by atoms with Crippen LogP contribution < -0.4 is 5.56 Å². The first kappa shape index (κ1) is 10.7. The average Bonchev–Trinajstić information content (AvgIpc) is 2.39. The third kappa shape index (κ3) is 1.80. The van der Waals surface area contributed by atoms with Crippen LogP contribution in [0.5, 0.6) is 0 Å². The largest absolute Gasteiger partial charge is 0.310 e. The van der Waals surface area contributed by atoms with E-state index >= 15 is 0 Å². The number of H-pyrrole nitrogens is 1. The van der Waals surface area contributed by atoms with E-state index in [1.807, 2.05) is 48.5 Å². The van der Waals surface area contributed by atoms with E-state index in [1.165, 1.54) is 0 Å². The van der Waals surface area contributed by atoms with Crippen LogP contribution in [0.25, 0.3) is 22.0 Å². The zero-order chi connectivity index (χ0) is 12.5. The minimum Gasteiger partial charge on any atom is -0.310 e. The van der Waals surface area contributed by atoms with Gasteiger partial charge in [0.2, 0.25) is 0 Å². The van der Waals surface area contributed by atoms with Gasteiger partial charge < -0.3 is 4.98 Å². The summed E-state index contributed by atoms with van der Waals surface area (Å²) in [5.74, 6) is 0.639. The summed E-state index contributed by atoms with van der Waals surface area (Å²) in [7, 11) is 0. The highest BCUT2D eigenvalue weighted by Crippen LogP contribution is 2.21. The monoisotopic (exact) mass is 236 g/mol. The zero-order valence-corrected chi connectivity index (χ0v) is 9.97. The SMILES string of the molecule is Cc1nc2ccc(-c3ccccc3)cc2c(=O)[nH]1. The van der Waals surface area contributed by atoms with Crippen molar-refractivity contribution in [3.8, 4) is 11.1 Å². The van der Waals surface area contributed by atoms with Gasteiger partial charge in [-0.25, -0.2) is 4.98 Å². The molecule has 3 rings (SSSR count). The molecular formula is C15H12N2O. The van der Waals surface area contributed by atoms with E-state index in [9.17, 15) is 4.79 Å². The minimum absolute atomic E-state index is 0.0877. The van der Waals surface area contributed by atoms with Crippen LogP contribution >= 0.6 is 0 Å². The number of rotatable bonds is 1. The van der Waals surface area contributed by atoms with Gasteiger partial charge in [0.05, 0.1) is 10.9 Å². The highest BCUT2D eigenvalue weighted by Gasteiger charge is 2.04. The summed E-state index contributed by atoms with van der Waals surface area (Å²) in [5, 5.41) is 0.627. The second-order valence-corrected chi connectivity index (χ2v) is 4.25. The summed E-state index contributed by atoms with van der Waals surface area (Å²) in [4.78, 5) is 18.9. The minimum atomic E-state index is -0.0877. The maximum absolute atomic E-state index is 11.9. The predicted octanol–water partition coefficient (Wildman–Crippen LogP) is 2.90. The molecule has 0 aliphatic carbocycles. The fourth-order valence-corrected chi connectivity index (χ4v) is 2.07. The quantitative estimate of drug-likeness (QED) is 0.706. The second-order valence-electron chi connectivity index (χ2n) is 4.25. The van der Waals surface area contributed by atoms with Crippen LogP contribution in [0.15, 0.2) is 53.3 Å². The number of aromatic amines is 1. The Morgan fingerprint density at radius 1 is 1.00 bits per heavy atom. The Morgan fingerprint density at radius 3 is 2.56 bits per heavy atom. The van der Waals surface area contributed by atoms with E-state index in [0.29, 0.717) is 11.2 Å². The number of nitrogens with one attached hydrogen (secondary N) is 1. The van der Waals surface area contributed by atoms with E-state index < -0.39 is 0 Å². The number of fused-ring (bicyclic) bond motifs is 1. The second kappa shape index (κ2) is 4.11. The Bertz CT molecular complexity index is 760. The van der Waals surface area contributed by atoms with E-state index in [-0.39, 0.29) is 5.56 Å². The van der Waals surface area contributed by atoms with Crippen LogP contribution in [0.1, 0.15) is 5.82 Å². The summed E-state index contributed by atoms with van der Waals surface area (Å²) in [6.07, 6.45) is 0. The lowest BCUT2D eigenvalue weighted by molar-refractivity contribution is 1.06. The van der Waals surface area contributed by atoms with Gasteiger partial charge in [-0.3, -0.25) is 4.79 Å². The smallest absolute Gasteiger partial charge is 0.258 e. The summed E-state index contributed by atoms with van der Waals surface area (Å²) < 4.78 is 0. The van der Waals surface area contributed by atoms with Gasteiger partial charge in [0, 0.05) is 0 Å². The van der Waals surface area contributed by atoms with Crippen LogP contribution in [-0.4, -0.2) is 9.97 Å². The molecular weight excluding hydrogens is 224 g/mol. The number of aromatic nitrogens is 2. The Morgan fingerprint density at radius 2 is 1.78 bits per heavy atom. The lowest BCUT2D eigenvalue weighted by atomic mass is 10.0. The number of aryl methyl sites for hydroxylation is 1. The standard InChI is InChI=1S/C15H12N2O/c1-10-16-14-8-7-12(9-13(14)15(18)17-10)11-5-3-2-4-6-11/h2-9H,1H3,(H,16,17,18). The zero-order valence-electron chi connectivity index (χ0n) is 9.97. The molecule has 0 bridgehead atoms. The molecule has 0 fully saturated rings. The molecule has 1 N–H and O–H groups in total. The summed E-state index contributed by atoms with van der Waals surface area (Å²) >= 11 is 0. The van der Waals surface area contributed by atoms with Crippen molar-refractivity contribution in [1.29, 1.82) is 0 Å². The van der Waals surface area contributed by atoms with Crippen molar-refractivity contribution in [3.63, 3.8) is 0 Å². The Balaban J connectivity index is 2.27. The third-order valence-corrected chi connectivity index (χ3v) is 2.93. The molecule has 0 amide bonds. The van der Waals surface area contributed by atoms with E-state index in [2.05, 4.69) is 9.97 Å². The molecule has 2 aromatic carbocycles. The molecule has 3 nitrogen and oxygen atoms in total. The van der Waals surface area contributed by atoms with Crippen molar-refractivity contribution in [2.24, 2.45) is 0 Å². The van der Waals surface area contributed by atoms with Gasteiger partial charge in [0.1, 0.15) is 5.82 Å². The molecule has 1 aromatic heterocycles. The number of hydrogen-bond donors (Lipinski definition) is 1. The third-order valence-electron chi connectivity index (χ3n) is 2.93. The molecule has 1 heterocycles. The highest BCUT2D eigenvalue weighted by atomic mass is 16.1. The molecule has 3 aromatic rings. The Hall–Kier alpha value is -2.42. The first-order valence-electron chi connectivity index (χ1n) is 5.80. The normalized spacial score (nSPS) is 10.7. The molecule has 3 heteroatoms. The van der Waals surface area contributed by atoms with Crippen LogP contribution in [-0.2, 0) is 0 Å². The van der Waals surface area contributed by atoms with E-state index in [0.717, 1.165) is 16.6 Å². The van der Waals surface area contributed by atoms with Gasteiger partial charge in [0.25, 0.3) is 5.56 Å². The lowest BCUT2D eigenvalue weighted by Crippen LogP contribution is -2.09. The van der Waals surface area contributed by atoms with Gasteiger partial charge in [-0.05, 0) is 30.2 Å². The summed E-state index contributed by atoms with van der Waals surface area (Å²) in [5.41, 5.74) is 2.77. The first-order chi connectivity index (χ1) is 8.74. The summed E-state index contributed by atoms with van der Waals surface area (Å²) in [6.45, 7) is 1.78. The molecule has 0 atom stereocenters. The van der Waals surface area contributed by atoms with Crippen molar-refractivity contribution in [2.45, 2.75) is 6.92 Å². The highest BCUT2D eigenvalue weighted by molar-refractivity contribution is 5.83. The summed E-state index contributed by atoms with van der Waals surface area (Å²) in [6, 6.07) is 15.8. The Kier molecular flexibility index (Phi) is 2.45.